The maximum Gasteiger partial charge on any atom is 0.390 e. The molecule has 0 saturated carbocycles. The fourth-order valence-electron chi connectivity index (χ4n) is 2.11. The Balaban J connectivity index is 2.04. The Labute approximate surface area is 142 Å². The molecule has 0 aromatic heterocycles. The smallest absolute Gasteiger partial charge is 0.390 e. The van der Waals surface area contributed by atoms with E-state index in [0.29, 0.717) is 27.8 Å². The lowest BCUT2D eigenvalue weighted by atomic mass is 10.0. The number of nitrogen functional groups attached to an aromatic ring is 1. The van der Waals surface area contributed by atoms with Crippen molar-refractivity contribution in [2.24, 2.45) is 0 Å². The first-order valence-corrected chi connectivity index (χ1v) is 7.63. The molecule has 0 fully saturated rings. The fourth-order valence-corrected chi connectivity index (χ4v) is 2.58. The molecule has 2 rings (SSSR count). The number of nitrogens with two attached hydrogens (primary N) is 1. The van der Waals surface area contributed by atoms with E-state index in [2.05, 4.69) is 5.32 Å². The molecule has 2 nitrogen and oxygen atoms in total. The summed E-state index contributed by atoms with van der Waals surface area (Å²) in [5, 5.41) is 3.81. The topological polar surface area (TPSA) is 38.0 Å². The molecule has 0 atom stereocenters. The molecule has 0 saturated heterocycles. The maximum absolute atomic E-state index is 12.1. The van der Waals surface area contributed by atoms with Crippen LogP contribution in [0.2, 0.25) is 10.0 Å². The molecule has 0 radical (unpaired) electrons. The Morgan fingerprint density at radius 1 is 1.04 bits per heavy atom. The summed E-state index contributed by atoms with van der Waals surface area (Å²) in [6, 6.07) is 10.4. The zero-order chi connectivity index (χ0) is 17.0. The molecule has 0 aliphatic carbocycles. The van der Waals surface area contributed by atoms with Crippen LogP contribution in [-0.4, -0.2) is 12.7 Å². The molecule has 2 aromatic carbocycles. The molecule has 2 aromatic rings. The minimum Gasteiger partial charge on any atom is -0.397 e. The van der Waals surface area contributed by atoms with E-state index in [9.17, 15) is 13.2 Å². The second-order valence-electron chi connectivity index (χ2n) is 5.13. The third-order valence-electron chi connectivity index (χ3n) is 3.25. The molecule has 7 heteroatoms. The Morgan fingerprint density at radius 3 is 2.39 bits per heavy atom. The molecule has 0 aliphatic rings. The van der Waals surface area contributed by atoms with Crippen molar-refractivity contribution in [2.75, 3.05) is 17.6 Å². The lowest BCUT2D eigenvalue weighted by molar-refractivity contribution is -0.131. The van der Waals surface area contributed by atoms with Gasteiger partial charge in [-0.25, -0.2) is 0 Å². The Hall–Kier alpha value is -1.59. The number of nitrogens with one attached hydrogen (secondary N) is 1. The monoisotopic (exact) mass is 362 g/mol. The van der Waals surface area contributed by atoms with Gasteiger partial charge in [0, 0.05) is 16.6 Å². The number of rotatable bonds is 5. The van der Waals surface area contributed by atoms with Gasteiger partial charge in [-0.05, 0) is 41.8 Å². The Morgan fingerprint density at radius 2 is 1.78 bits per heavy atom. The van der Waals surface area contributed by atoms with E-state index in [0.717, 1.165) is 11.1 Å². The minimum atomic E-state index is -4.19. The first-order valence-electron chi connectivity index (χ1n) is 6.87. The zero-order valence-corrected chi connectivity index (χ0v) is 13.6. The Bertz CT molecular complexity index is 688. The number of hydrogen-bond donors (Lipinski definition) is 2. The summed E-state index contributed by atoms with van der Waals surface area (Å²) in [4.78, 5) is 0. The van der Waals surface area contributed by atoms with E-state index in [1.54, 1.807) is 30.3 Å². The highest BCUT2D eigenvalue weighted by Gasteiger charge is 2.26. The highest BCUT2D eigenvalue weighted by atomic mass is 35.5. The van der Waals surface area contributed by atoms with E-state index in [4.69, 9.17) is 28.9 Å². The van der Waals surface area contributed by atoms with Crippen molar-refractivity contribution in [2.45, 2.75) is 19.0 Å². The normalized spacial score (nSPS) is 11.5. The molecule has 124 valence electrons. The number of alkyl halides is 3. The van der Waals surface area contributed by atoms with E-state index >= 15 is 0 Å². The predicted molar refractivity (Wildman–Crippen MR) is 89.3 cm³/mol. The van der Waals surface area contributed by atoms with Crippen LogP contribution in [0.25, 0.3) is 0 Å². The average Bonchev–Trinajstić information content (AvgIpc) is 2.43. The van der Waals surface area contributed by atoms with Gasteiger partial charge in [-0.15, -0.1) is 0 Å². The highest BCUT2D eigenvalue weighted by Crippen LogP contribution is 2.27. The van der Waals surface area contributed by atoms with Crippen LogP contribution in [0.3, 0.4) is 0 Å². The highest BCUT2D eigenvalue weighted by molar-refractivity contribution is 6.35. The van der Waals surface area contributed by atoms with Crippen molar-refractivity contribution in [1.29, 1.82) is 0 Å². The fraction of sp³-hybridized carbons (Fsp3) is 0.250. The molecule has 3 N–H and O–H groups in total. The van der Waals surface area contributed by atoms with Crippen molar-refractivity contribution in [3.05, 3.63) is 57.6 Å². The maximum atomic E-state index is 12.1. The lowest BCUT2D eigenvalue weighted by Crippen LogP contribution is -2.15. The summed E-state index contributed by atoms with van der Waals surface area (Å²) in [6.45, 7) is -0.212. The molecule has 0 amide bonds. The standard InChI is InChI=1S/C16H15Cl2F3N2/c17-12-3-2-11(13(18)9-12)7-10-1-4-15(14(22)8-10)23-6-5-16(19,20)21/h1-4,8-9,23H,5-7,22H2. The van der Waals surface area contributed by atoms with Crippen LogP contribution >= 0.6 is 23.2 Å². The van der Waals surface area contributed by atoms with Crippen molar-refractivity contribution in [3.8, 4) is 0 Å². The number of anilines is 2. The third-order valence-corrected chi connectivity index (χ3v) is 3.84. The van der Waals surface area contributed by atoms with Gasteiger partial charge in [0.25, 0.3) is 0 Å². The van der Waals surface area contributed by atoms with Crippen LogP contribution < -0.4 is 11.1 Å². The number of halogens is 5. The van der Waals surface area contributed by atoms with Gasteiger partial charge in [0.05, 0.1) is 17.8 Å². The van der Waals surface area contributed by atoms with Crippen molar-refractivity contribution in [3.63, 3.8) is 0 Å². The SMILES string of the molecule is Nc1cc(Cc2ccc(Cl)cc2Cl)ccc1NCCC(F)(F)F. The molecule has 0 heterocycles. The second kappa shape index (κ2) is 7.32. The molecule has 0 bridgehead atoms. The van der Waals surface area contributed by atoms with Gasteiger partial charge in [0.1, 0.15) is 0 Å². The predicted octanol–water partition coefficient (Wildman–Crippen LogP) is 5.53. The van der Waals surface area contributed by atoms with Crippen LogP contribution in [0.1, 0.15) is 17.5 Å². The second-order valence-corrected chi connectivity index (χ2v) is 5.97. The Kier molecular flexibility index (Phi) is 5.65. The van der Waals surface area contributed by atoms with E-state index in [1.807, 2.05) is 6.07 Å². The van der Waals surface area contributed by atoms with E-state index in [1.165, 1.54) is 0 Å². The molecule has 0 unspecified atom stereocenters. The van der Waals surface area contributed by atoms with Crippen LogP contribution in [0.15, 0.2) is 36.4 Å². The van der Waals surface area contributed by atoms with Gasteiger partial charge < -0.3 is 11.1 Å². The van der Waals surface area contributed by atoms with Crippen LogP contribution in [0, 0.1) is 0 Å². The minimum absolute atomic E-state index is 0.212. The molecule has 0 aliphatic heterocycles. The summed E-state index contributed by atoms with van der Waals surface area (Å²) in [5.74, 6) is 0. The summed E-state index contributed by atoms with van der Waals surface area (Å²) >= 11 is 12.0. The van der Waals surface area contributed by atoms with Gasteiger partial charge in [0.15, 0.2) is 0 Å². The van der Waals surface area contributed by atoms with Gasteiger partial charge in [0.2, 0.25) is 0 Å². The largest absolute Gasteiger partial charge is 0.397 e. The van der Waals surface area contributed by atoms with Crippen LogP contribution in [0.4, 0.5) is 24.5 Å². The van der Waals surface area contributed by atoms with Gasteiger partial charge in [-0.1, -0.05) is 35.3 Å². The molecular weight excluding hydrogens is 348 g/mol. The van der Waals surface area contributed by atoms with Gasteiger partial charge in [-0.2, -0.15) is 13.2 Å². The molecule has 0 spiro atoms. The number of hydrogen-bond acceptors (Lipinski definition) is 2. The molecular formula is C16H15Cl2F3N2. The lowest BCUT2D eigenvalue weighted by Gasteiger charge is -2.12. The first-order chi connectivity index (χ1) is 10.7. The molecule has 23 heavy (non-hydrogen) atoms. The van der Waals surface area contributed by atoms with E-state index in [-0.39, 0.29) is 6.54 Å². The van der Waals surface area contributed by atoms with E-state index < -0.39 is 12.6 Å². The van der Waals surface area contributed by atoms with Crippen LogP contribution in [0.5, 0.6) is 0 Å². The summed E-state index contributed by atoms with van der Waals surface area (Å²) in [7, 11) is 0. The summed E-state index contributed by atoms with van der Waals surface area (Å²) in [6.07, 6.45) is -4.54. The quantitative estimate of drug-likeness (QED) is 0.686. The van der Waals surface area contributed by atoms with Crippen molar-refractivity contribution < 1.29 is 13.2 Å². The van der Waals surface area contributed by atoms with Crippen molar-refractivity contribution in [1.82, 2.24) is 0 Å². The van der Waals surface area contributed by atoms with Crippen LogP contribution in [-0.2, 0) is 6.42 Å². The third kappa shape index (κ3) is 5.52. The zero-order valence-electron chi connectivity index (χ0n) is 12.1. The first kappa shape index (κ1) is 17.8. The summed E-state index contributed by atoms with van der Waals surface area (Å²) in [5.41, 5.74) is 8.58. The summed E-state index contributed by atoms with van der Waals surface area (Å²) < 4.78 is 36.4. The van der Waals surface area contributed by atoms with Gasteiger partial charge in [-0.3, -0.25) is 0 Å². The number of benzene rings is 2. The van der Waals surface area contributed by atoms with Crippen molar-refractivity contribution >= 4 is 34.6 Å². The van der Waals surface area contributed by atoms with Gasteiger partial charge >= 0.3 is 6.18 Å². The average molecular weight is 363 g/mol.